The fourth-order valence-electron chi connectivity index (χ4n) is 3.78. The Labute approximate surface area is 252 Å². The molecule has 0 saturated carbocycles. The Morgan fingerprint density at radius 1 is 0.805 bits per heavy atom. The Kier molecular flexibility index (Phi) is 9.63. The van der Waals surface area contributed by atoms with Gasteiger partial charge in [-0.2, -0.15) is 0 Å². The Hall–Kier alpha value is -4.36. The SMILES string of the molecule is C[C@@H](OC(=O)Nc1c(-c2ccc(Br)cc2)nnn1C)c1ccccc1.Cn1nnc(-c2ccc(Br)cc2)c1C(=O)O. The second kappa shape index (κ2) is 13.3. The zero-order chi connectivity index (χ0) is 29.5. The van der Waals surface area contributed by atoms with Gasteiger partial charge in [0.05, 0.1) is 0 Å². The molecule has 1 amide bonds. The first-order valence-corrected chi connectivity index (χ1v) is 13.8. The lowest BCUT2D eigenvalue weighted by atomic mass is 10.1. The van der Waals surface area contributed by atoms with E-state index in [1.807, 2.05) is 73.7 Å². The highest BCUT2D eigenvalue weighted by molar-refractivity contribution is 9.10. The zero-order valence-corrected chi connectivity index (χ0v) is 25.4. The molecule has 0 fully saturated rings. The van der Waals surface area contributed by atoms with Crippen molar-refractivity contribution in [2.24, 2.45) is 14.1 Å². The van der Waals surface area contributed by atoms with E-state index in [0.717, 1.165) is 25.6 Å². The average molecular weight is 683 g/mol. The molecule has 11 nitrogen and oxygen atoms in total. The number of carbonyl (C=O) groups excluding carboxylic acids is 1. The van der Waals surface area contributed by atoms with Gasteiger partial charge in [-0.15, -0.1) is 10.2 Å². The molecule has 210 valence electrons. The summed E-state index contributed by atoms with van der Waals surface area (Å²) in [6.07, 6.45) is -0.918. The number of nitrogens with zero attached hydrogens (tertiary/aromatic N) is 6. The minimum Gasteiger partial charge on any atom is -0.476 e. The van der Waals surface area contributed by atoms with Crippen LogP contribution >= 0.6 is 31.9 Å². The van der Waals surface area contributed by atoms with E-state index in [4.69, 9.17) is 9.84 Å². The molecule has 0 spiro atoms. The first-order valence-electron chi connectivity index (χ1n) is 12.2. The van der Waals surface area contributed by atoms with Crippen molar-refractivity contribution in [1.29, 1.82) is 0 Å². The van der Waals surface area contributed by atoms with E-state index in [1.54, 1.807) is 26.2 Å². The van der Waals surface area contributed by atoms with E-state index in [1.165, 1.54) is 9.36 Å². The van der Waals surface area contributed by atoms with Gasteiger partial charge in [-0.1, -0.05) is 96.9 Å². The second-order valence-corrected chi connectivity index (χ2v) is 10.6. The first kappa shape index (κ1) is 29.6. The first-order chi connectivity index (χ1) is 19.6. The van der Waals surface area contributed by atoms with E-state index >= 15 is 0 Å². The molecule has 0 aliphatic heterocycles. The monoisotopic (exact) mass is 681 g/mol. The van der Waals surface area contributed by atoms with Crippen LogP contribution in [0.25, 0.3) is 22.5 Å². The van der Waals surface area contributed by atoms with Crippen LogP contribution in [0.4, 0.5) is 10.6 Å². The molecular formula is C28H25Br2N7O4. The quantitative estimate of drug-likeness (QED) is 0.207. The smallest absolute Gasteiger partial charge is 0.413 e. The molecular weight excluding hydrogens is 658 g/mol. The number of halogens is 2. The lowest BCUT2D eigenvalue weighted by molar-refractivity contribution is 0.0685. The predicted octanol–water partition coefficient (Wildman–Crippen LogP) is 6.50. The molecule has 13 heteroatoms. The third kappa shape index (κ3) is 7.44. The van der Waals surface area contributed by atoms with Gasteiger partial charge in [0.25, 0.3) is 0 Å². The van der Waals surface area contributed by atoms with Crippen molar-refractivity contribution in [3.8, 4) is 22.5 Å². The number of anilines is 1. The number of benzene rings is 3. The molecule has 1 atom stereocenters. The maximum Gasteiger partial charge on any atom is 0.413 e. The van der Waals surface area contributed by atoms with Crippen molar-refractivity contribution in [3.05, 3.63) is 99.1 Å². The summed E-state index contributed by atoms with van der Waals surface area (Å²) >= 11 is 6.71. The maximum atomic E-state index is 12.3. The third-order valence-corrected chi connectivity index (χ3v) is 6.92. The largest absolute Gasteiger partial charge is 0.476 e. The standard InChI is InChI=1S/C18H17BrN4O2.C10H8BrN3O2/c1-12(13-6-4-3-5-7-13)25-18(24)20-17-16(21-22-23(17)2)14-8-10-15(19)11-9-14;1-14-9(10(15)16)8(12-13-14)6-2-4-7(11)5-3-6/h3-12H,1-2H3,(H,20,24);2-5H,1H3,(H,15,16)/t12-;/m1./s1. The van der Waals surface area contributed by atoms with Gasteiger partial charge in [0.15, 0.2) is 11.5 Å². The molecule has 0 bridgehead atoms. The molecule has 5 aromatic rings. The molecule has 0 aliphatic rings. The maximum absolute atomic E-state index is 12.3. The molecule has 5 rings (SSSR count). The summed E-state index contributed by atoms with van der Waals surface area (Å²) in [4.78, 5) is 23.3. The minimum absolute atomic E-state index is 0.0855. The van der Waals surface area contributed by atoms with Crippen LogP contribution in [0, 0.1) is 0 Å². The second-order valence-electron chi connectivity index (χ2n) is 8.72. The number of rotatable bonds is 6. The highest BCUT2D eigenvalue weighted by atomic mass is 79.9. The van der Waals surface area contributed by atoms with Crippen molar-refractivity contribution >= 4 is 49.7 Å². The average Bonchev–Trinajstić information content (AvgIpc) is 3.52. The zero-order valence-electron chi connectivity index (χ0n) is 22.2. The van der Waals surface area contributed by atoms with Crippen LogP contribution in [0.1, 0.15) is 29.1 Å². The van der Waals surface area contributed by atoms with Crippen LogP contribution < -0.4 is 5.32 Å². The molecule has 0 saturated heterocycles. The number of carboxylic acids is 1. The summed E-state index contributed by atoms with van der Waals surface area (Å²) in [6.45, 7) is 1.83. The Morgan fingerprint density at radius 3 is 1.88 bits per heavy atom. The van der Waals surface area contributed by atoms with Gasteiger partial charge in [0.2, 0.25) is 0 Å². The molecule has 41 heavy (non-hydrogen) atoms. The summed E-state index contributed by atoms with van der Waals surface area (Å²) in [5.74, 6) is -0.557. The van der Waals surface area contributed by atoms with Gasteiger partial charge in [0.1, 0.15) is 17.5 Å². The van der Waals surface area contributed by atoms with Gasteiger partial charge >= 0.3 is 12.1 Å². The summed E-state index contributed by atoms with van der Waals surface area (Å²) in [6, 6.07) is 24.4. The molecule has 2 N–H and O–H groups in total. The number of hydrogen-bond donors (Lipinski definition) is 2. The lowest BCUT2D eigenvalue weighted by Gasteiger charge is -2.14. The van der Waals surface area contributed by atoms with E-state index < -0.39 is 12.1 Å². The number of aromatic nitrogens is 6. The van der Waals surface area contributed by atoms with E-state index in [9.17, 15) is 9.59 Å². The molecule has 0 unspecified atom stereocenters. The summed E-state index contributed by atoms with van der Waals surface area (Å²) in [7, 11) is 3.27. The van der Waals surface area contributed by atoms with Crippen molar-refractivity contribution in [2.45, 2.75) is 13.0 Å². The molecule has 0 radical (unpaired) electrons. The number of ether oxygens (including phenoxy) is 1. The highest BCUT2D eigenvalue weighted by Gasteiger charge is 2.19. The highest BCUT2D eigenvalue weighted by Crippen LogP contribution is 2.27. The molecule has 0 aliphatic carbocycles. The Bertz CT molecular complexity index is 1640. The summed E-state index contributed by atoms with van der Waals surface area (Å²) in [5.41, 5.74) is 3.55. The fourth-order valence-corrected chi connectivity index (χ4v) is 4.31. The van der Waals surface area contributed by atoms with Gasteiger partial charge < -0.3 is 9.84 Å². The predicted molar refractivity (Wildman–Crippen MR) is 160 cm³/mol. The lowest BCUT2D eigenvalue weighted by Crippen LogP contribution is -2.18. The number of nitrogens with one attached hydrogen (secondary N) is 1. The van der Waals surface area contributed by atoms with Crippen LogP contribution in [0.15, 0.2) is 87.8 Å². The number of hydrogen-bond acceptors (Lipinski definition) is 7. The van der Waals surface area contributed by atoms with Crippen molar-refractivity contribution < 1.29 is 19.4 Å². The normalized spacial score (nSPS) is 11.2. The number of amides is 1. The number of aromatic carboxylic acids is 1. The topological polar surface area (TPSA) is 137 Å². The van der Waals surface area contributed by atoms with Crippen LogP contribution in [-0.4, -0.2) is 47.2 Å². The Morgan fingerprint density at radius 2 is 1.32 bits per heavy atom. The Balaban J connectivity index is 0.000000208. The van der Waals surface area contributed by atoms with Crippen molar-refractivity contribution in [3.63, 3.8) is 0 Å². The van der Waals surface area contributed by atoms with Crippen LogP contribution in [0.2, 0.25) is 0 Å². The van der Waals surface area contributed by atoms with Gasteiger partial charge in [-0.05, 0) is 36.8 Å². The minimum atomic E-state index is -1.04. The molecule has 2 heterocycles. The van der Waals surface area contributed by atoms with Gasteiger partial charge in [0, 0.05) is 34.2 Å². The van der Waals surface area contributed by atoms with Crippen LogP contribution in [-0.2, 0) is 18.8 Å². The number of aryl methyl sites for hydroxylation is 2. The van der Waals surface area contributed by atoms with E-state index in [2.05, 4.69) is 57.8 Å². The number of carbonyl (C=O) groups is 2. The van der Waals surface area contributed by atoms with Crippen molar-refractivity contribution in [1.82, 2.24) is 30.0 Å². The van der Waals surface area contributed by atoms with Crippen LogP contribution in [0.5, 0.6) is 0 Å². The van der Waals surface area contributed by atoms with E-state index in [-0.39, 0.29) is 11.8 Å². The van der Waals surface area contributed by atoms with Gasteiger partial charge in [-0.25, -0.2) is 19.0 Å². The van der Waals surface area contributed by atoms with Crippen molar-refractivity contribution in [2.75, 3.05) is 5.32 Å². The van der Waals surface area contributed by atoms with Crippen LogP contribution in [0.3, 0.4) is 0 Å². The number of carboxylic acid groups (broad SMARTS) is 1. The third-order valence-electron chi connectivity index (χ3n) is 5.86. The van der Waals surface area contributed by atoms with E-state index in [0.29, 0.717) is 17.2 Å². The molecule has 2 aromatic heterocycles. The summed E-state index contributed by atoms with van der Waals surface area (Å²) in [5, 5.41) is 27.5. The molecule has 3 aromatic carbocycles. The van der Waals surface area contributed by atoms with Gasteiger partial charge in [-0.3, -0.25) is 5.32 Å². The fraction of sp³-hybridized carbons (Fsp3) is 0.143. The summed E-state index contributed by atoms with van der Waals surface area (Å²) < 4.78 is 10.1.